The Hall–Kier alpha value is -2.81. The van der Waals surface area contributed by atoms with E-state index in [-0.39, 0.29) is 42.0 Å². The van der Waals surface area contributed by atoms with E-state index in [1.165, 1.54) is 10.6 Å². The number of aryl methyl sites for hydroxylation is 2. The molecule has 154 valence electrons. The largest absolute Gasteiger partial charge is 0.484 e. The molecule has 0 spiro atoms. The molecule has 0 unspecified atom stereocenters. The standard InChI is InChI=1S/C19H18ClF3N4O2/c1-11-5-12(2)7-14(6-11)29-10-17(28)24-4-3-16-25-26-18-15(19(21,22)23)8-13(20)9-27(16)18/h5-9H,3-4,10H2,1-2H3,(H,24,28). The molecule has 0 saturated heterocycles. The van der Waals surface area contributed by atoms with Crippen molar-refractivity contribution in [1.82, 2.24) is 19.9 Å². The molecular weight excluding hydrogens is 409 g/mol. The quantitative estimate of drug-likeness (QED) is 0.651. The number of alkyl halides is 3. The van der Waals surface area contributed by atoms with Crippen LogP contribution in [-0.2, 0) is 17.4 Å². The number of halogens is 4. The lowest BCUT2D eigenvalue weighted by Crippen LogP contribution is -2.30. The second kappa shape index (κ2) is 8.28. The molecule has 29 heavy (non-hydrogen) atoms. The monoisotopic (exact) mass is 426 g/mol. The molecular formula is C19H18ClF3N4O2. The highest BCUT2D eigenvalue weighted by molar-refractivity contribution is 6.30. The Morgan fingerprint density at radius 1 is 1.17 bits per heavy atom. The van der Waals surface area contributed by atoms with Gasteiger partial charge in [-0.25, -0.2) is 0 Å². The van der Waals surface area contributed by atoms with Crippen LogP contribution in [0.15, 0.2) is 30.5 Å². The minimum atomic E-state index is -4.60. The second-order valence-electron chi connectivity index (χ2n) is 6.59. The summed E-state index contributed by atoms with van der Waals surface area (Å²) in [7, 11) is 0. The van der Waals surface area contributed by atoms with Gasteiger partial charge in [-0.2, -0.15) is 13.2 Å². The summed E-state index contributed by atoms with van der Waals surface area (Å²) in [4.78, 5) is 12.0. The summed E-state index contributed by atoms with van der Waals surface area (Å²) in [5, 5.41) is 9.96. The number of benzene rings is 1. The molecule has 6 nitrogen and oxygen atoms in total. The van der Waals surface area contributed by atoms with Crippen molar-refractivity contribution in [3.63, 3.8) is 0 Å². The molecule has 2 aromatic heterocycles. The highest BCUT2D eigenvalue weighted by atomic mass is 35.5. The summed E-state index contributed by atoms with van der Waals surface area (Å²) in [5.74, 6) is 0.492. The van der Waals surface area contributed by atoms with E-state index in [0.29, 0.717) is 5.75 Å². The van der Waals surface area contributed by atoms with Crippen LogP contribution in [0.2, 0.25) is 5.02 Å². The molecule has 1 amide bonds. The zero-order chi connectivity index (χ0) is 21.2. The van der Waals surface area contributed by atoms with Crippen LogP contribution in [0.1, 0.15) is 22.5 Å². The number of hydrogen-bond acceptors (Lipinski definition) is 4. The van der Waals surface area contributed by atoms with Crippen LogP contribution in [0.4, 0.5) is 13.2 Å². The molecule has 3 aromatic rings. The third kappa shape index (κ3) is 5.17. The Labute approximate surface area is 169 Å². The van der Waals surface area contributed by atoms with E-state index in [0.717, 1.165) is 17.2 Å². The third-order valence-electron chi connectivity index (χ3n) is 4.08. The maximum Gasteiger partial charge on any atom is 0.420 e. The van der Waals surface area contributed by atoms with Crippen molar-refractivity contribution >= 4 is 23.2 Å². The van der Waals surface area contributed by atoms with Gasteiger partial charge >= 0.3 is 6.18 Å². The maximum absolute atomic E-state index is 13.1. The van der Waals surface area contributed by atoms with Crippen molar-refractivity contribution in [2.45, 2.75) is 26.4 Å². The Morgan fingerprint density at radius 2 is 1.86 bits per heavy atom. The molecule has 3 rings (SSSR count). The second-order valence-corrected chi connectivity index (χ2v) is 7.03. The molecule has 0 bridgehead atoms. The van der Waals surface area contributed by atoms with Gasteiger partial charge < -0.3 is 10.1 Å². The zero-order valence-electron chi connectivity index (χ0n) is 15.7. The van der Waals surface area contributed by atoms with Crippen molar-refractivity contribution < 1.29 is 22.7 Å². The van der Waals surface area contributed by atoms with E-state index in [4.69, 9.17) is 16.3 Å². The molecule has 10 heteroatoms. The van der Waals surface area contributed by atoms with Gasteiger partial charge in [-0.05, 0) is 43.2 Å². The van der Waals surface area contributed by atoms with Crippen LogP contribution in [0, 0.1) is 13.8 Å². The van der Waals surface area contributed by atoms with Crippen molar-refractivity contribution in [2.75, 3.05) is 13.2 Å². The zero-order valence-corrected chi connectivity index (χ0v) is 16.4. The van der Waals surface area contributed by atoms with E-state index in [1.807, 2.05) is 32.0 Å². The molecule has 0 aliphatic heterocycles. The lowest BCUT2D eigenvalue weighted by atomic mass is 10.1. The first-order valence-electron chi connectivity index (χ1n) is 8.71. The topological polar surface area (TPSA) is 68.5 Å². The van der Waals surface area contributed by atoms with E-state index in [2.05, 4.69) is 15.5 Å². The lowest BCUT2D eigenvalue weighted by molar-refractivity contribution is -0.136. The first-order chi connectivity index (χ1) is 13.6. The van der Waals surface area contributed by atoms with E-state index < -0.39 is 11.7 Å². The van der Waals surface area contributed by atoms with Gasteiger partial charge in [0.25, 0.3) is 5.91 Å². The van der Waals surface area contributed by atoms with Crippen molar-refractivity contribution in [3.8, 4) is 5.75 Å². The lowest BCUT2D eigenvalue weighted by Gasteiger charge is -2.10. The number of nitrogens with zero attached hydrogens (tertiary/aromatic N) is 3. The number of pyridine rings is 1. The molecule has 0 aliphatic carbocycles. The van der Waals surface area contributed by atoms with Gasteiger partial charge in [-0.3, -0.25) is 9.20 Å². The first kappa shape index (κ1) is 20.9. The predicted octanol–water partition coefficient (Wildman–Crippen LogP) is 3.76. The number of fused-ring (bicyclic) bond motifs is 1. The fourth-order valence-corrected chi connectivity index (χ4v) is 3.12. The van der Waals surface area contributed by atoms with E-state index >= 15 is 0 Å². The first-order valence-corrected chi connectivity index (χ1v) is 9.09. The Kier molecular flexibility index (Phi) is 5.97. The molecule has 2 heterocycles. The molecule has 0 radical (unpaired) electrons. The minimum Gasteiger partial charge on any atom is -0.484 e. The summed E-state index contributed by atoms with van der Waals surface area (Å²) >= 11 is 5.80. The van der Waals surface area contributed by atoms with Gasteiger partial charge in [-0.1, -0.05) is 17.7 Å². The Bertz CT molecular complexity index is 1030. The average molecular weight is 427 g/mol. The average Bonchev–Trinajstić information content (AvgIpc) is 3.00. The molecule has 0 saturated carbocycles. The van der Waals surface area contributed by atoms with Crippen LogP contribution < -0.4 is 10.1 Å². The van der Waals surface area contributed by atoms with Crippen LogP contribution in [-0.4, -0.2) is 33.7 Å². The summed E-state index contributed by atoms with van der Waals surface area (Å²) in [5.41, 5.74) is 0.753. The number of ether oxygens (including phenoxy) is 1. The number of amides is 1. The highest BCUT2D eigenvalue weighted by Crippen LogP contribution is 2.33. The number of carbonyl (C=O) groups is 1. The third-order valence-corrected chi connectivity index (χ3v) is 4.29. The van der Waals surface area contributed by atoms with Crippen LogP contribution in [0.3, 0.4) is 0 Å². The number of rotatable bonds is 6. The van der Waals surface area contributed by atoms with E-state index in [1.54, 1.807) is 0 Å². The fourth-order valence-electron chi connectivity index (χ4n) is 2.91. The van der Waals surface area contributed by atoms with E-state index in [9.17, 15) is 18.0 Å². The molecule has 0 atom stereocenters. The van der Waals surface area contributed by atoms with Crippen molar-refractivity contribution in [2.24, 2.45) is 0 Å². The molecule has 0 aliphatic rings. The minimum absolute atomic E-state index is 0.0863. The van der Waals surface area contributed by atoms with Gasteiger partial charge in [0.15, 0.2) is 12.3 Å². The molecule has 0 fully saturated rings. The van der Waals surface area contributed by atoms with Crippen LogP contribution >= 0.6 is 11.6 Å². The number of carbonyl (C=O) groups excluding carboxylic acids is 1. The summed E-state index contributed by atoms with van der Waals surface area (Å²) in [6.07, 6.45) is -3.11. The Morgan fingerprint density at radius 3 is 2.52 bits per heavy atom. The summed E-state index contributed by atoms with van der Waals surface area (Å²) in [6, 6.07) is 6.45. The normalized spacial score (nSPS) is 11.7. The smallest absolute Gasteiger partial charge is 0.420 e. The maximum atomic E-state index is 13.1. The summed E-state index contributed by atoms with van der Waals surface area (Å²) < 4.78 is 46.0. The van der Waals surface area contributed by atoms with Gasteiger partial charge in [0, 0.05) is 19.2 Å². The van der Waals surface area contributed by atoms with Crippen molar-refractivity contribution in [1.29, 1.82) is 0 Å². The molecule has 1 N–H and O–H groups in total. The fraction of sp³-hybridized carbons (Fsp3) is 0.316. The number of aromatic nitrogens is 3. The highest BCUT2D eigenvalue weighted by Gasteiger charge is 2.35. The Balaban J connectivity index is 1.60. The summed E-state index contributed by atoms with van der Waals surface area (Å²) in [6.45, 7) is 3.84. The van der Waals surface area contributed by atoms with Gasteiger partial charge in [0.2, 0.25) is 0 Å². The van der Waals surface area contributed by atoms with Crippen LogP contribution in [0.25, 0.3) is 5.65 Å². The number of nitrogens with one attached hydrogen (secondary N) is 1. The van der Waals surface area contributed by atoms with Gasteiger partial charge in [0.1, 0.15) is 17.1 Å². The van der Waals surface area contributed by atoms with Gasteiger partial charge in [0.05, 0.1) is 5.02 Å². The predicted molar refractivity (Wildman–Crippen MR) is 101 cm³/mol. The number of hydrogen-bond donors (Lipinski definition) is 1. The van der Waals surface area contributed by atoms with Gasteiger partial charge in [-0.15, -0.1) is 10.2 Å². The van der Waals surface area contributed by atoms with Crippen LogP contribution in [0.5, 0.6) is 5.75 Å². The van der Waals surface area contributed by atoms with Crippen molar-refractivity contribution in [3.05, 3.63) is 58.0 Å². The SMILES string of the molecule is Cc1cc(C)cc(OCC(=O)NCCc2nnc3c(C(F)(F)F)cc(Cl)cn23)c1. The molecule has 1 aromatic carbocycles.